The average molecular weight is 606 g/mol. The van der Waals surface area contributed by atoms with Crippen molar-refractivity contribution in [1.29, 1.82) is 0 Å². The van der Waals surface area contributed by atoms with Gasteiger partial charge in [0, 0.05) is 8.95 Å². The van der Waals surface area contributed by atoms with Gasteiger partial charge in [0.25, 0.3) is 20.0 Å². The van der Waals surface area contributed by atoms with Gasteiger partial charge >= 0.3 is 0 Å². The molecule has 0 aliphatic heterocycles. The summed E-state index contributed by atoms with van der Waals surface area (Å²) in [7, 11) is -5.08. The lowest BCUT2D eigenvalue weighted by atomic mass is 10.3. The van der Waals surface area contributed by atoms with Gasteiger partial charge in [0.05, 0.1) is 35.4 Å². The number of halogens is 2. The first kappa shape index (κ1) is 24.4. The minimum atomic E-state index is -4.01. The molecule has 0 aliphatic carbocycles. The molecule has 0 radical (unpaired) electrons. The quantitative estimate of drug-likeness (QED) is 0.380. The summed E-state index contributed by atoms with van der Waals surface area (Å²) in [5.41, 5.74) is 0.0703. The van der Waals surface area contributed by atoms with Crippen molar-refractivity contribution < 1.29 is 26.3 Å². The third-order valence-corrected chi connectivity index (χ3v) is 8.90. The summed E-state index contributed by atoms with van der Waals surface area (Å²) in [5.74, 6) is 1.01. The van der Waals surface area contributed by atoms with Crippen LogP contribution in [0.1, 0.15) is 0 Å². The fourth-order valence-corrected chi connectivity index (χ4v) is 5.46. The predicted octanol–water partition coefficient (Wildman–Crippen LogP) is 4.83. The van der Waals surface area contributed by atoms with Crippen molar-refractivity contribution in [3.05, 3.63) is 69.6 Å². The van der Waals surface area contributed by atoms with E-state index in [0.29, 0.717) is 20.4 Å². The first-order valence-corrected chi connectivity index (χ1v) is 13.4. The van der Waals surface area contributed by atoms with Crippen molar-refractivity contribution in [2.75, 3.05) is 23.7 Å². The fourth-order valence-electron chi connectivity index (χ4n) is 2.63. The number of methoxy groups -OCH3 is 2. The van der Waals surface area contributed by atoms with E-state index in [2.05, 4.69) is 41.3 Å². The Morgan fingerprint density at radius 3 is 1.22 bits per heavy atom. The number of sulfonamides is 2. The van der Waals surface area contributed by atoms with Gasteiger partial charge in [0.1, 0.15) is 11.5 Å². The van der Waals surface area contributed by atoms with E-state index in [9.17, 15) is 16.8 Å². The Kier molecular flexibility index (Phi) is 7.38. The largest absolute Gasteiger partial charge is 0.497 e. The van der Waals surface area contributed by atoms with Crippen LogP contribution in [0.4, 0.5) is 11.4 Å². The molecule has 0 saturated heterocycles. The van der Waals surface area contributed by atoms with E-state index in [1.54, 1.807) is 0 Å². The summed E-state index contributed by atoms with van der Waals surface area (Å²) in [6.45, 7) is 0. The molecule has 0 bridgehead atoms. The Morgan fingerprint density at radius 2 is 0.938 bits per heavy atom. The third kappa shape index (κ3) is 5.55. The van der Waals surface area contributed by atoms with Crippen molar-refractivity contribution in [3.63, 3.8) is 0 Å². The maximum absolute atomic E-state index is 12.9. The number of benzene rings is 3. The van der Waals surface area contributed by atoms with Crippen molar-refractivity contribution in [1.82, 2.24) is 0 Å². The Balaban J connectivity index is 1.97. The zero-order valence-electron chi connectivity index (χ0n) is 16.8. The third-order valence-electron chi connectivity index (χ3n) is 4.29. The van der Waals surface area contributed by atoms with Crippen LogP contribution in [-0.4, -0.2) is 31.1 Å². The molecule has 0 fully saturated rings. The molecular formula is C20H18Br2N2O6S2. The van der Waals surface area contributed by atoms with E-state index < -0.39 is 20.0 Å². The Bertz CT molecular complexity index is 1220. The van der Waals surface area contributed by atoms with Gasteiger partial charge in [0.2, 0.25) is 0 Å². The number of rotatable bonds is 8. The maximum atomic E-state index is 12.9. The van der Waals surface area contributed by atoms with Gasteiger partial charge in [-0.25, -0.2) is 16.8 Å². The number of ether oxygens (including phenoxy) is 2. The van der Waals surface area contributed by atoms with Crippen LogP contribution in [-0.2, 0) is 20.0 Å². The highest BCUT2D eigenvalue weighted by atomic mass is 79.9. The SMILES string of the molecule is COc1ccc(S(=O)(=O)Nc2cc(Br)c(Br)cc2NS(=O)(=O)c2ccc(OC)cc2)cc1. The van der Waals surface area contributed by atoms with E-state index in [0.717, 1.165) is 0 Å². The number of hydrogen-bond acceptors (Lipinski definition) is 6. The monoisotopic (exact) mass is 604 g/mol. The van der Waals surface area contributed by atoms with Gasteiger partial charge < -0.3 is 9.47 Å². The molecule has 12 heteroatoms. The average Bonchev–Trinajstić information content (AvgIpc) is 2.77. The summed E-state index contributed by atoms with van der Waals surface area (Å²) in [5, 5.41) is 0. The second-order valence-electron chi connectivity index (χ2n) is 6.37. The van der Waals surface area contributed by atoms with Crippen molar-refractivity contribution >= 4 is 63.3 Å². The highest BCUT2D eigenvalue weighted by molar-refractivity contribution is 9.13. The van der Waals surface area contributed by atoms with Gasteiger partial charge in [-0.05, 0) is 92.5 Å². The minimum Gasteiger partial charge on any atom is -0.497 e. The van der Waals surface area contributed by atoms with Crippen LogP contribution in [0.25, 0.3) is 0 Å². The molecule has 32 heavy (non-hydrogen) atoms. The molecule has 3 rings (SSSR count). The van der Waals surface area contributed by atoms with E-state index in [4.69, 9.17) is 9.47 Å². The molecule has 0 spiro atoms. The van der Waals surface area contributed by atoms with Crippen LogP contribution >= 0.6 is 31.9 Å². The molecule has 170 valence electrons. The lowest BCUT2D eigenvalue weighted by Crippen LogP contribution is -2.17. The molecule has 0 atom stereocenters. The van der Waals surface area contributed by atoms with Gasteiger partial charge in [-0.2, -0.15) is 0 Å². The first-order valence-electron chi connectivity index (χ1n) is 8.88. The van der Waals surface area contributed by atoms with Crippen LogP contribution in [0.15, 0.2) is 79.4 Å². The van der Waals surface area contributed by atoms with Crippen LogP contribution in [0.3, 0.4) is 0 Å². The van der Waals surface area contributed by atoms with Gasteiger partial charge in [0.15, 0.2) is 0 Å². The van der Waals surface area contributed by atoms with Crippen molar-refractivity contribution in [3.8, 4) is 11.5 Å². The van der Waals surface area contributed by atoms with Crippen LogP contribution in [0, 0.1) is 0 Å². The highest BCUT2D eigenvalue weighted by Crippen LogP contribution is 2.36. The summed E-state index contributed by atoms with van der Waals surface area (Å²) in [4.78, 5) is -0.0254. The molecule has 0 saturated carbocycles. The van der Waals surface area contributed by atoms with Crippen molar-refractivity contribution in [2.45, 2.75) is 9.79 Å². The molecule has 0 amide bonds. The van der Waals surface area contributed by atoms with Crippen molar-refractivity contribution in [2.24, 2.45) is 0 Å². The minimum absolute atomic E-state index is 0.0127. The summed E-state index contributed by atoms with van der Waals surface area (Å²) < 4.78 is 67.6. The topological polar surface area (TPSA) is 111 Å². The van der Waals surface area contributed by atoms with E-state index in [1.807, 2.05) is 0 Å². The zero-order chi connectivity index (χ0) is 23.5. The fraction of sp³-hybridized carbons (Fsp3) is 0.100. The Labute approximate surface area is 203 Å². The Hall–Kier alpha value is -2.28. The molecule has 0 unspecified atom stereocenters. The first-order chi connectivity index (χ1) is 15.1. The Morgan fingerprint density at radius 1 is 0.625 bits per heavy atom. The summed E-state index contributed by atoms with van der Waals surface area (Å²) >= 11 is 6.63. The predicted molar refractivity (Wildman–Crippen MR) is 129 cm³/mol. The molecule has 3 aromatic carbocycles. The number of hydrogen-bond donors (Lipinski definition) is 2. The lowest BCUT2D eigenvalue weighted by Gasteiger charge is -2.16. The smallest absolute Gasteiger partial charge is 0.261 e. The van der Waals surface area contributed by atoms with Gasteiger partial charge in [-0.15, -0.1) is 0 Å². The van der Waals surface area contributed by atoms with Crippen LogP contribution in [0.2, 0.25) is 0 Å². The second kappa shape index (κ2) is 9.69. The standard InChI is InChI=1S/C20H18Br2N2O6S2/c1-29-13-3-7-15(8-4-13)31(25,26)23-19-11-17(21)18(22)12-20(19)24-32(27,28)16-9-5-14(30-2)6-10-16/h3-12,23-24H,1-2H3. The number of nitrogens with one attached hydrogen (secondary N) is 2. The molecule has 0 aliphatic rings. The van der Waals surface area contributed by atoms with E-state index in [-0.39, 0.29) is 21.2 Å². The molecule has 2 N–H and O–H groups in total. The lowest BCUT2D eigenvalue weighted by molar-refractivity contribution is 0.414. The molecule has 8 nitrogen and oxygen atoms in total. The zero-order valence-corrected chi connectivity index (χ0v) is 21.6. The normalized spacial score (nSPS) is 11.6. The number of anilines is 2. The van der Waals surface area contributed by atoms with Crippen LogP contribution in [0.5, 0.6) is 11.5 Å². The van der Waals surface area contributed by atoms with Crippen LogP contribution < -0.4 is 18.9 Å². The second-order valence-corrected chi connectivity index (χ2v) is 11.4. The van der Waals surface area contributed by atoms with Gasteiger partial charge in [-0.3, -0.25) is 9.44 Å². The summed E-state index contributed by atoms with van der Waals surface area (Å²) in [6, 6.07) is 14.5. The van der Waals surface area contributed by atoms with E-state index in [1.165, 1.54) is 74.9 Å². The molecule has 0 aromatic heterocycles. The van der Waals surface area contributed by atoms with Gasteiger partial charge in [-0.1, -0.05) is 0 Å². The molecular weight excluding hydrogens is 588 g/mol. The van der Waals surface area contributed by atoms with E-state index >= 15 is 0 Å². The maximum Gasteiger partial charge on any atom is 0.261 e. The molecule has 3 aromatic rings. The molecule has 0 heterocycles. The highest BCUT2D eigenvalue weighted by Gasteiger charge is 2.21. The summed E-state index contributed by atoms with van der Waals surface area (Å²) in [6.07, 6.45) is 0.